The largest absolute Gasteiger partial charge is 0.468 e. The lowest BCUT2D eigenvalue weighted by molar-refractivity contribution is -0.151. The van der Waals surface area contributed by atoms with Crippen LogP contribution in [0, 0.1) is 11.3 Å². The van der Waals surface area contributed by atoms with Crippen molar-refractivity contribution in [1.82, 2.24) is 0 Å². The summed E-state index contributed by atoms with van der Waals surface area (Å²) >= 11 is 2.32. The molecular formula is C13H21IO3. The van der Waals surface area contributed by atoms with Crippen LogP contribution in [0.1, 0.15) is 33.6 Å². The predicted molar refractivity (Wildman–Crippen MR) is 76.1 cm³/mol. The molecule has 0 amide bonds. The molecule has 0 aromatic rings. The minimum absolute atomic E-state index is 0.152. The van der Waals surface area contributed by atoms with E-state index in [0.29, 0.717) is 19.1 Å². The summed E-state index contributed by atoms with van der Waals surface area (Å²) in [6.45, 7) is 7.37. The third kappa shape index (κ3) is 3.02. The van der Waals surface area contributed by atoms with Crippen LogP contribution < -0.4 is 0 Å². The number of allylic oxidation sites excluding steroid dienone is 1. The second-order valence-corrected chi connectivity index (χ2v) is 6.20. The quantitative estimate of drug-likeness (QED) is 0.575. The van der Waals surface area contributed by atoms with E-state index in [0.717, 1.165) is 18.4 Å². The number of hydrogen-bond donors (Lipinski definition) is 0. The van der Waals surface area contributed by atoms with Gasteiger partial charge in [0.2, 0.25) is 0 Å². The minimum atomic E-state index is -0.546. The van der Waals surface area contributed by atoms with Crippen molar-refractivity contribution < 1.29 is 14.3 Å². The van der Waals surface area contributed by atoms with Gasteiger partial charge >= 0.3 is 5.97 Å². The number of rotatable bonds is 4. The Morgan fingerprint density at radius 2 is 2.24 bits per heavy atom. The lowest BCUT2D eigenvalue weighted by atomic mass is 9.75. The molecule has 0 aromatic carbocycles. The average molecular weight is 352 g/mol. The second-order valence-electron chi connectivity index (χ2n) is 4.90. The first kappa shape index (κ1) is 15.0. The van der Waals surface area contributed by atoms with Crippen LogP contribution in [0.5, 0.6) is 0 Å². The van der Waals surface area contributed by atoms with Crippen molar-refractivity contribution in [3.05, 3.63) is 9.15 Å². The van der Waals surface area contributed by atoms with Crippen molar-refractivity contribution in [3.8, 4) is 0 Å². The van der Waals surface area contributed by atoms with Gasteiger partial charge in [0.15, 0.2) is 0 Å². The number of halogens is 1. The van der Waals surface area contributed by atoms with E-state index >= 15 is 0 Å². The highest BCUT2D eigenvalue weighted by Gasteiger charge is 2.48. The molecule has 98 valence electrons. The van der Waals surface area contributed by atoms with Crippen molar-refractivity contribution >= 4 is 28.6 Å². The Morgan fingerprint density at radius 3 is 2.71 bits per heavy atom. The first-order chi connectivity index (χ1) is 7.97. The van der Waals surface area contributed by atoms with Gasteiger partial charge in [-0.2, -0.15) is 0 Å². The molecular weight excluding hydrogens is 331 g/mol. The van der Waals surface area contributed by atoms with Gasteiger partial charge in [-0.3, -0.25) is 4.79 Å². The smallest absolute Gasteiger partial charge is 0.318 e. The molecule has 0 aliphatic carbocycles. The molecule has 1 saturated heterocycles. The van der Waals surface area contributed by atoms with E-state index in [4.69, 9.17) is 9.47 Å². The maximum absolute atomic E-state index is 12.2. The number of carbonyl (C=O) groups is 1. The standard InChI is InChI=1S/C13H21IO3/c1-5-11(14)10-7-17-8-13(10,6-9(2)3)12(15)16-4/h9H,5-8H2,1-4H3/b11-10-. The first-order valence-corrected chi connectivity index (χ1v) is 7.10. The summed E-state index contributed by atoms with van der Waals surface area (Å²) in [5.41, 5.74) is 0.580. The zero-order valence-electron chi connectivity index (χ0n) is 11.0. The molecule has 1 unspecified atom stereocenters. The van der Waals surface area contributed by atoms with Gasteiger partial charge in [-0.05, 0) is 50.5 Å². The van der Waals surface area contributed by atoms with Gasteiger partial charge in [-0.1, -0.05) is 20.8 Å². The molecule has 4 heteroatoms. The molecule has 1 aliphatic rings. The Kier molecular flexibility index (Phi) is 5.44. The van der Waals surface area contributed by atoms with E-state index in [-0.39, 0.29) is 5.97 Å². The molecule has 0 radical (unpaired) electrons. The van der Waals surface area contributed by atoms with Crippen molar-refractivity contribution in [2.75, 3.05) is 20.3 Å². The normalized spacial score (nSPS) is 27.4. The van der Waals surface area contributed by atoms with Crippen molar-refractivity contribution in [3.63, 3.8) is 0 Å². The summed E-state index contributed by atoms with van der Waals surface area (Å²) in [6.07, 6.45) is 1.73. The van der Waals surface area contributed by atoms with E-state index in [1.807, 2.05) is 0 Å². The Morgan fingerprint density at radius 1 is 1.59 bits per heavy atom. The maximum Gasteiger partial charge on any atom is 0.318 e. The lowest BCUT2D eigenvalue weighted by Gasteiger charge is -2.28. The van der Waals surface area contributed by atoms with Crippen LogP contribution in [0.2, 0.25) is 0 Å². The zero-order valence-corrected chi connectivity index (χ0v) is 13.2. The molecule has 1 heterocycles. The molecule has 17 heavy (non-hydrogen) atoms. The fraction of sp³-hybridized carbons (Fsp3) is 0.769. The highest BCUT2D eigenvalue weighted by atomic mass is 127. The second kappa shape index (κ2) is 6.18. The number of esters is 1. The molecule has 1 atom stereocenters. The van der Waals surface area contributed by atoms with Gasteiger partial charge in [0.1, 0.15) is 5.41 Å². The third-order valence-electron chi connectivity index (χ3n) is 3.14. The van der Waals surface area contributed by atoms with Crippen molar-refractivity contribution in [2.24, 2.45) is 11.3 Å². The summed E-state index contributed by atoms with van der Waals surface area (Å²) in [7, 11) is 1.46. The number of ether oxygens (including phenoxy) is 2. The van der Waals surface area contributed by atoms with E-state index < -0.39 is 5.41 Å². The molecule has 1 rings (SSSR count). The summed E-state index contributed by atoms with van der Waals surface area (Å²) in [4.78, 5) is 12.2. The van der Waals surface area contributed by atoms with Crippen LogP contribution in [-0.4, -0.2) is 26.3 Å². The number of methoxy groups -OCH3 is 1. The van der Waals surface area contributed by atoms with Crippen molar-refractivity contribution in [2.45, 2.75) is 33.6 Å². The molecule has 0 aromatic heterocycles. The van der Waals surface area contributed by atoms with Gasteiger partial charge in [0.05, 0.1) is 20.3 Å². The van der Waals surface area contributed by atoms with Gasteiger partial charge in [0.25, 0.3) is 0 Å². The fourth-order valence-electron chi connectivity index (χ4n) is 2.44. The van der Waals surface area contributed by atoms with Gasteiger partial charge in [-0.25, -0.2) is 0 Å². The highest BCUT2D eigenvalue weighted by molar-refractivity contribution is 14.1. The first-order valence-electron chi connectivity index (χ1n) is 6.02. The van der Waals surface area contributed by atoms with E-state index in [2.05, 4.69) is 43.4 Å². The Balaban J connectivity index is 3.17. The summed E-state index contributed by atoms with van der Waals surface area (Å²) < 4.78 is 11.8. The Labute approximate surface area is 117 Å². The molecule has 1 fully saturated rings. The molecule has 0 saturated carbocycles. The maximum atomic E-state index is 12.2. The van der Waals surface area contributed by atoms with Crippen LogP contribution in [0.3, 0.4) is 0 Å². The fourth-order valence-corrected chi connectivity index (χ4v) is 3.12. The predicted octanol–water partition coefficient (Wildman–Crippen LogP) is 3.32. The van der Waals surface area contributed by atoms with Crippen LogP contribution >= 0.6 is 22.6 Å². The van der Waals surface area contributed by atoms with Crippen LogP contribution in [-0.2, 0) is 14.3 Å². The van der Waals surface area contributed by atoms with E-state index in [1.54, 1.807) is 0 Å². The van der Waals surface area contributed by atoms with Crippen LogP contribution in [0.15, 0.2) is 9.15 Å². The Bertz CT molecular complexity index is 323. The zero-order chi connectivity index (χ0) is 13.1. The molecule has 0 bridgehead atoms. The number of hydrogen-bond acceptors (Lipinski definition) is 3. The van der Waals surface area contributed by atoms with Gasteiger partial charge < -0.3 is 9.47 Å². The van der Waals surface area contributed by atoms with Gasteiger partial charge in [0, 0.05) is 0 Å². The third-order valence-corrected chi connectivity index (χ3v) is 4.56. The topological polar surface area (TPSA) is 35.5 Å². The molecule has 1 aliphatic heterocycles. The van der Waals surface area contributed by atoms with Crippen molar-refractivity contribution in [1.29, 1.82) is 0 Å². The minimum Gasteiger partial charge on any atom is -0.468 e. The summed E-state index contributed by atoms with van der Waals surface area (Å²) in [5.74, 6) is 0.285. The molecule has 3 nitrogen and oxygen atoms in total. The van der Waals surface area contributed by atoms with E-state index in [9.17, 15) is 4.79 Å². The van der Waals surface area contributed by atoms with Crippen LogP contribution in [0.4, 0.5) is 0 Å². The average Bonchev–Trinajstić information content (AvgIpc) is 2.70. The number of carbonyl (C=O) groups excluding carboxylic acids is 1. The SMILES string of the molecule is CC/C(I)=C1\COCC1(CC(C)C)C(=O)OC. The summed E-state index contributed by atoms with van der Waals surface area (Å²) in [5, 5.41) is 0. The van der Waals surface area contributed by atoms with Gasteiger partial charge in [-0.15, -0.1) is 0 Å². The molecule has 0 spiro atoms. The summed E-state index contributed by atoms with van der Waals surface area (Å²) in [6, 6.07) is 0. The Hall–Kier alpha value is -0.100. The monoisotopic (exact) mass is 352 g/mol. The molecule has 0 N–H and O–H groups in total. The highest BCUT2D eigenvalue weighted by Crippen LogP contribution is 2.44. The van der Waals surface area contributed by atoms with Crippen LogP contribution in [0.25, 0.3) is 0 Å². The lowest BCUT2D eigenvalue weighted by Crippen LogP contribution is -2.36. The van der Waals surface area contributed by atoms with E-state index in [1.165, 1.54) is 10.7 Å².